The lowest BCUT2D eigenvalue weighted by Crippen LogP contribution is -2.70. The van der Waals surface area contributed by atoms with Gasteiger partial charge in [-0.05, 0) is 6.92 Å². The molecule has 43 nitrogen and oxygen atoms in total. The minimum atomic E-state index is -2.39. The summed E-state index contributed by atoms with van der Waals surface area (Å²) in [6.45, 7) is -2.76. The second-order valence-electron chi connectivity index (χ2n) is 24.6. The maximum absolute atomic E-state index is 13.0. The fourth-order valence-electron chi connectivity index (χ4n) is 12.4. The molecule has 8 fully saturated rings. The van der Waals surface area contributed by atoms with Crippen LogP contribution in [0.4, 0.5) is 0 Å². The fraction of sp³-hybridized carbons (Fsp3) is 0.944. The standard InChI is InChI=1S/C54H91N3O40/c1-12-26(66)34(74)38(78)50(85-12)83-11-22-44(31(71)23(47(82)86-22)55-13(2)63)93-48-24(56-14(3)64)32(72)43(20(9-62)90-48)95-53-41(81)45(96-52-40(80)36(76)28(68)17(6-59)88-52)30(70)21(92-53)10-84-54-46(37(77)29(69)18(7-60)89-54)97-49-25(57-15(4)65)33(73)42(19(8-61)91-49)94-51-39(79)35(75)27(67)16(5-58)87-51/h12,16-54,58-62,66-82H,5-11H2,1-4H3,(H,55,63)(H,56,64)(H,57,65)/t12-,16+,17+,18+,19+,20+,21+,22+,23+,24+,25+,26+,27+,28+,29+,30+,31+,32+,33-,34+,35+,36-,37-,38-,39+,40-,41-,42+,43+,44+,45-,46-,47+,48-,49+,50+,51+,52+,53-,54+/m0/s1. The van der Waals surface area contributed by atoms with Crippen molar-refractivity contribution in [3.63, 3.8) is 0 Å². The van der Waals surface area contributed by atoms with E-state index in [2.05, 4.69) is 16.0 Å². The minimum Gasteiger partial charge on any atom is -0.394 e. The van der Waals surface area contributed by atoms with Gasteiger partial charge in [-0.1, -0.05) is 0 Å². The molecule has 0 spiro atoms. The van der Waals surface area contributed by atoms with E-state index in [9.17, 15) is 127 Å². The van der Waals surface area contributed by atoms with E-state index in [1.165, 1.54) is 6.92 Å². The molecule has 43 heteroatoms. The van der Waals surface area contributed by atoms with Gasteiger partial charge in [-0.15, -0.1) is 0 Å². The molecule has 25 N–H and O–H groups in total. The van der Waals surface area contributed by atoms with Crippen molar-refractivity contribution >= 4 is 17.7 Å². The van der Waals surface area contributed by atoms with Crippen molar-refractivity contribution in [2.24, 2.45) is 0 Å². The van der Waals surface area contributed by atoms with Crippen LogP contribution in [0.15, 0.2) is 0 Å². The molecule has 8 aliphatic heterocycles. The summed E-state index contributed by atoms with van der Waals surface area (Å²) >= 11 is 0. The van der Waals surface area contributed by atoms with Crippen LogP contribution in [-0.2, 0) is 85.4 Å². The summed E-state index contributed by atoms with van der Waals surface area (Å²) in [6, 6.07) is -5.42. The highest BCUT2D eigenvalue weighted by molar-refractivity contribution is 5.74. The Balaban J connectivity index is 1.07. The molecular formula is C54H91N3O40. The molecule has 8 aliphatic rings. The van der Waals surface area contributed by atoms with Crippen molar-refractivity contribution in [2.45, 2.75) is 273 Å². The fourth-order valence-corrected chi connectivity index (χ4v) is 12.4. The average molecular weight is 1420 g/mol. The number of carbonyl (C=O) groups excluding carboxylic acids is 3. The molecular weight excluding hydrogens is 1330 g/mol. The van der Waals surface area contributed by atoms with Gasteiger partial charge in [0.05, 0.1) is 52.4 Å². The lowest BCUT2D eigenvalue weighted by atomic mass is 9.93. The van der Waals surface area contributed by atoms with Crippen LogP contribution < -0.4 is 16.0 Å². The first kappa shape index (κ1) is 79.6. The predicted octanol–water partition coefficient (Wildman–Crippen LogP) is -17.0. The van der Waals surface area contributed by atoms with Gasteiger partial charge < -0.3 is 199 Å². The van der Waals surface area contributed by atoms with Crippen LogP contribution in [-0.4, -0.2) is 422 Å². The second kappa shape index (κ2) is 34.5. The average Bonchev–Trinajstić information content (AvgIpc) is 0.777. The first-order valence-corrected chi connectivity index (χ1v) is 31.0. The summed E-state index contributed by atoms with van der Waals surface area (Å²) in [7, 11) is 0. The third-order valence-electron chi connectivity index (χ3n) is 17.8. The molecule has 0 aliphatic carbocycles. The van der Waals surface area contributed by atoms with E-state index < -0.39 is 309 Å². The predicted molar refractivity (Wildman–Crippen MR) is 298 cm³/mol. The Labute approximate surface area is 549 Å². The number of hydrogen-bond acceptors (Lipinski definition) is 40. The monoisotopic (exact) mass is 1420 g/mol. The number of ether oxygens (including phenoxy) is 15. The maximum Gasteiger partial charge on any atom is 0.217 e. The van der Waals surface area contributed by atoms with Crippen LogP contribution in [0.25, 0.3) is 0 Å². The maximum atomic E-state index is 13.0. The first-order chi connectivity index (χ1) is 45.8. The summed E-state index contributed by atoms with van der Waals surface area (Å²) in [4.78, 5) is 38.0. The van der Waals surface area contributed by atoms with Crippen LogP contribution in [0, 0.1) is 0 Å². The number of nitrogens with one attached hydrogen (secondary N) is 3. The zero-order valence-electron chi connectivity index (χ0n) is 52.2. The van der Waals surface area contributed by atoms with E-state index in [1.807, 2.05) is 0 Å². The quantitative estimate of drug-likeness (QED) is 0.0427. The van der Waals surface area contributed by atoms with E-state index in [1.54, 1.807) is 0 Å². The Morgan fingerprint density at radius 1 is 0.289 bits per heavy atom. The van der Waals surface area contributed by atoms with Crippen LogP contribution in [0.1, 0.15) is 27.7 Å². The Kier molecular flexibility index (Phi) is 28.3. The Bertz CT molecular complexity index is 2490. The van der Waals surface area contributed by atoms with Gasteiger partial charge >= 0.3 is 0 Å². The molecule has 0 saturated carbocycles. The minimum absolute atomic E-state index is 0.790. The van der Waals surface area contributed by atoms with Crippen molar-refractivity contribution < 1.29 is 198 Å². The number of aliphatic hydroxyl groups excluding tert-OH is 22. The van der Waals surface area contributed by atoms with Crippen LogP contribution >= 0.6 is 0 Å². The van der Waals surface area contributed by atoms with Crippen molar-refractivity contribution in [1.29, 1.82) is 0 Å². The number of rotatable bonds is 24. The number of aliphatic hydroxyl groups is 22. The molecule has 40 atom stereocenters. The summed E-state index contributed by atoms with van der Waals surface area (Å²) in [5.41, 5.74) is 0. The van der Waals surface area contributed by atoms with E-state index in [-0.39, 0.29) is 0 Å². The van der Waals surface area contributed by atoms with E-state index >= 15 is 0 Å². The summed E-state index contributed by atoms with van der Waals surface area (Å²) in [5, 5.41) is 247. The Morgan fingerprint density at radius 2 is 0.619 bits per heavy atom. The third-order valence-corrected chi connectivity index (χ3v) is 17.8. The van der Waals surface area contributed by atoms with Gasteiger partial charge in [0.25, 0.3) is 0 Å². The van der Waals surface area contributed by atoms with Gasteiger partial charge in [-0.3, -0.25) is 14.4 Å². The highest BCUT2D eigenvalue weighted by Crippen LogP contribution is 2.38. The van der Waals surface area contributed by atoms with Gasteiger partial charge in [0, 0.05) is 20.8 Å². The zero-order chi connectivity index (χ0) is 71.5. The number of hydrogen-bond donors (Lipinski definition) is 25. The molecule has 0 aromatic carbocycles. The molecule has 0 radical (unpaired) electrons. The lowest BCUT2D eigenvalue weighted by molar-refractivity contribution is -0.389. The summed E-state index contributed by atoms with van der Waals surface area (Å²) in [5.74, 6) is -2.60. The topological polar surface area (TPSA) is 671 Å². The van der Waals surface area contributed by atoms with Gasteiger partial charge in [-0.2, -0.15) is 0 Å². The third kappa shape index (κ3) is 17.6. The highest BCUT2D eigenvalue weighted by Gasteiger charge is 2.59. The van der Waals surface area contributed by atoms with Crippen LogP contribution in [0.3, 0.4) is 0 Å². The molecule has 3 amide bonds. The molecule has 0 aromatic rings. The Morgan fingerprint density at radius 3 is 1.08 bits per heavy atom. The van der Waals surface area contributed by atoms with Crippen molar-refractivity contribution in [3.05, 3.63) is 0 Å². The van der Waals surface area contributed by atoms with Gasteiger partial charge in [-0.25, -0.2) is 0 Å². The molecule has 0 bridgehead atoms. The Hall–Kier alpha value is -3.07. The lowest BCUT2D eigenvalue weighted by Gasteiger charge is -2.50. The normalized spacial score (nSPS) is 49.9. The van der Waals surface area contributed by atoms with Crippen molar-refractivity contribution in [2.75, 3.05) is 46.2 Å². The summed E-state index contributed by atoms with van der Waals surface area (Å²) in [6.07, 6.45) is -72.4. The molecule has 562 valence electrons. The van der Waals surface area contributed by atoms with E-state index in [4.69, 9.17) is 71.1 Å². The number of amides is 3. The van der Waals surface area contributed by atoms with Gasteiger partial charge in [0.2, 0.25) is 17.7 Å². The van der Waals surface area contributed by atoms with E-state index in [0.717, 1.165) is 20.8 Å². The highest BCUT2D eigenvalue weighted by atomic mass is 16.8. The molecule has 8 saturated heterocycles. The summed E-state index contributed by atoms with van der Waals surface area (Å²) < 4.78 is 87.6. The SMILES string of the molecule is CC(=O)N[C@@H]1[C@@H](O)[C@H](O[C@@H]2O[C@H](CO)[C@@H](O[C@@H]3O[C@H](CO[C@@H]4O[C@H](CO)[C@@H](O)[C@H](O)[C@@H]4O[C@H]4O[C@H](CO)[C@@H](O[C@H]5O[C@H](CO)[C@@H](O)[C@@H](O)[C@H]5O)[C@@H](O)[C@H]4NC(C)=O)[C@@H](O)[C@H](O[C@H]4O[C@H](CO)[C@@H](O)[C@H](O)[C@@H]4O)[C@@H]3O)[C@H](O)[C@H]2NC(C)=O)[C@@H](CO[C@@H]2O[C@@H](C)[C@@H](O)[C@@H](O)[C@@H]2O)O[C@H]1O. The molecule has 0 unspecified atom stereocenters. The van der Waals surface area contributed by atoms with E-state index in [0.29, 0.717) is 0 Å². The van der Waals surface area contributed by atoms with Crippen LogP contribution in [0.5, 0.6) is 0 Å². The first-order valence-electron chi connectivity index (χ1n) is 31.0. The van der Waals surface area contributed by atoms with Gasteiger partial charge in [0.15, 0.2) is 50.3 Å². The van der Waals surface area contributed by atoms with Gasteiger partial charge in [0.1, 0.15) is 189 Å². The second-order valence-corrected chi connectivity index (χ2v) is 24.6. The number of carbonyl (C=O) groups is 3. The molecule has 8 rings (SSSR count). The molecule has 0 aromatic heterocycles. The van der Waals surface area contributed by atoms with Crippen molar-refractivity contribution in [1.82, 2.24) is 16.0 Å². The van der Waals surface area contributed by atoms with Crippen molar-refractivity contribution in [3.8, 4) is 0 Å². The molecule has 97 heavy (non-hydrogen) atoms. The smallest absolute Gasteiger partial charge is 0.217 e. The zero-order valence-corrected chi connectivity index (χ0v) is 52.2. The largest absolute Gasteiger partial charge is 0.394 e. The van der Waals surface area contributed by atoms with Crippen LogP contribution in [0.2, 0.25) is 0 Å². The molecule has 8 heterocycles.